The van der Waals surface area contributed by atoms with Crippen LogP contribution in [0.25, 0.3) is 0 Å². The Morgan fingerprint density at radius 2 is 2.14 bits per heavy atom. The van der Waals surface area contributed by atoms with Crippen LogP contribution in [0.2, 0.25) is 0 Å². The van der Waals surface area contributed by atoms with E-state index in [0.29, 0.717) is 32.1 Å². The minimum Gasteiger partial charge on any atom is -0.381 e. The van der Waals surface area contributed by atoms with E-state index in [2.05, 4.69) is 4.90 Å². The van der Waals surface area contributed by atoms with Crippen molar-refractivity contribution >= 4 is 11.8 Å². The van der Waals surface area contributed by atoms with E-state index in [1.54, 1.807) is 0 Å². The molecule has 0 radical (unpaired) electrons. The highest BCUT2D eigenvalue weighted by Crippen LogP contribution is 2.41. The van der Waals surface area contributed by atoms with Crippen LogP contribution >= 0.6 is 0 Å². The number of carbonyl (C=O) groups is 2. The summed E-state index contributed by atoms with van der Waals surface area (Å²) in [6, 6.07) is 0. The number of likely N-dealkylation sites (tertiary alicyclic amines) is 2. The molecule has 0 bridgehead atoms. The molecule has 5 nitrogen and oxygen atoms in total. The maximum atomic E-state index is 12.9. The van der Waals surface area contributed by atoms with E-state index in [9.17, 15) is 9.59 Å². The molecule has 2 heterocycles. The minimum absolute atomic E-state index is 0.137. The van der Waals surface area contributed by atoms with Gasteiger partial charge in [-0.05, 0) is 44.9 Å². The van der Waals surface area contributed by atoms with E-state index in [0.717, 1.165) is 44.8 Å². The molecule has 22 heavy (non-hydrogen) atoms. The van der Waals surface area contributed by atoms with Crippen LogP contribution in [0.1, 0.15) is 45.4 Å². The molecule has 5 heteroatoms. The Hall–Kier alpha value is -1.10. The monoisotopic (exact) mass is 308 g/mol. The fourth-order valence-corrected chi connectivity index (χ4v) is 3.86. The van der Waals surface area contributed by atoms with Crippen LogP contribution in [0.5, 0.6) is 0 Å². The molecular weight excluding hydrogens is 280 g/mol. The maximum absolute atomic E-state index is 12.9. The van der Waals surface area contributed by atoms with Gasteiger partial charge < -0.3 is 14.5 Å². The van der Waals surface area contributed by atoms with Crippen molar-refractivity contribution in [3.63, 3.8) is 0 Å². The molecule has 0 aromatic rings. The van der Waals surface area contributed by atoms with Gasteiger partial charge in [0.05, 0.1) is 18.4 Å². The summed E-state index contributed by atoms with van der Waals surface area (Å²) in [5.74, 6) is 1.19. The van der Waals surface area contributed by atoms with Gasteiger partial charge in [0.2, 0.25) is 11.8 Å². The first-order valence-corrected chi connectivity index (χ1v) is 8.79. The molecule has 0 aromatic carbocycles. The second-order valence-electron chi connectivity index (χ2n) is 7.09. The first kappa shape index (κ1) is 15.8. The summed E-state index contributed by atoms with van der Waals surface area (Å²) in [4.78, 5) is 29.1. The lowest BCUT2D eigenvalue weighted by molar-refractivity contribution is -0.146. The number of nitrogens with zero attached hydrogens (tertiary/aromatic N) is 2. The molecule has 1 atom stereocenters. The lowest BCUT2D eigenvalue weighted by atomic mass is 9.78. The summed E-state index contributed by atoms with van der Waals surface area (Å²) in [6.45, 7) is 6.27. The van der Waals surface area contributed by atoms with Crippen molar-refractivity contribution in [1.82, 2.24) is 9.80 Å². The highest BCUT2D eigenvalue weighted by atomic mass is 16.5. The van der Waals surface area contributed by atoms with E-state index in [1.807, 2.05) is 11.8 Å². The molecule has 0 unspecified atom stereocenters. The van der Waals surface area contributed by atoms with Gasteiger partial charge in [-0.3, -0.25) is 9.59 Å². The predicted octanol–water partition coefficient (Wildman–Crippen LogP) is 1.66. The number of carbonyl (C=O) groups excluding carboxylic acids is 2. The van der Waals surface area contributed by atoms with Crippen LogP contribution in [-0.2, 0) is 14.3 Å². The van der Waals surface area contributed by atoms with Crippen LogP contribution in [0, 0.1) is 11.3 Å². The zero-order valence-corrected chi connectivity index (χ0v) is 13.7. The summed E-state index contributed by atoms with van der Waals surface area (Å²) in [7, 11) is 0. The van der Waals surface area contributed by atoms with E-state index < -0.39 is 0 Å². The van der Waals surface area contributed by atoms with Gasteiger partial charge in [0.25, 0.3) is 0 Å². The second-order valence-corrected chi connectivity index (χ2v) is 7.09. The Bertz CT molecular complexity index is 436. The van der Waals surface area contributed by atoms with E-state index in [-0.39, 0.29) is 11.3 Å². The van der Waals surface area contributed by atoms with Gasteiger partial charge in [0.1, 0.15) is 0 Å². The van der Waals surface area contributed by atoms with E-state index in [1.165, 1.54) is 12.8 Å². The predicted molar refractivity (Wildman–Crippen MR) is 83.3 cm³/mol. The first-order valence-electron chi connectivity index (χ1n) is 8.79. The van der Waals surface area contributed by atoms with Crippen molar-refractivity contribution in [2.24, 2.45) is 11.3 Å². The zero-order chi connectivity index (χ0) is 15.6. The molecule has 2 aliphatic heterocycles. The topological polar surface area (TPSA) is 49.9 Å². The van der Waals surface area contributed by atoms with Crippen LogP contribution in [-0.4, -0.2) is 61.0 Å². The molecule has 3 rings (SSSR count). The van der Waals surface area contributed by atoms with Gasteiger partial charge in [0.15, 0.2) is 0 Å². The second kappa shape index (κ2) is 6.57. The number of amides is 2. The van der Waals surface area contributed by atoms with E-state index in [4.69, 9.17) is 4.74 Å². The van der Waals surface area contributed by atoms with Gasteiger partial charge in [-0.15, -0.1) is 0 Å². The summed E-state index contributed by atoms with van der Waals surface area (Å²) >= 11 is 0. The Kier molecular flexibility index (Phi) is 4.71. The number of hydrogen-bond acceptors (Lipinski definition) is 3. The maximum Gasteiger partial charge on any atom is 0.230 e. The van der Waals surface area contributed by atoms with Crippen molar-refractivity contribution in [1.29, 1.82) is 0 Å². The Labute approximate surface area is 133 Å². The van der Waals surface area contributed by atoms with Crippen LogP contribution < -0.4 is 0 Å². The Balaban J connectivity index is 1.56. The SMILES string of the molecule is CCOCCC(=O)N1CC[C@@]2(CCCN(CC3CC3)C2=O)C1. The number of rotatable bonds is 6. The standard InChI is InChI=1S/C17H28N2O3/c1-2-22-11-6-15(20)19-10-8-17(13-19)7-3-9-18(16(17)21)12-14-4-5-14/h14H,2-13H2,1H3/t17-/m0/s1. The molecule has 3 fully saturated rings. The zero-order valence-electron chi connectivity index (χ0n) is 13.7. The van der Waals surface area contributed by atoms with Crippen LogP contribution in [0.3, 0.4) is 0 Å². The summed E-state index contributed by atoms with van der Waals surface area (Å²) in [5.41, 5.74) is -0.283. The number of piperidine rings is 1. The summed E-state index contributed by atoms with van der Waals surface area (Å²) in [5, 5.41) is 0. The number of ether oxygens (including phenoxy) is 1. The third-order valence-corrected chi connectivity index (χ3v) is 5.37. The quantitative estimate of drug-likeness (QED) is 0.701. The molecule has 1 saturated carbocycles. The molecule has 124 valence electrons. The molecule has 3 aliphatic rings. The molecule has 1 aliphatic carbocycles. The average Bonchev–Trinajstić information content (AvgIpc) is 3.22. The molecule has 1 spiro atoms. The number of hydrogen-bond donors (Lipinski definition) is 0. The van der Waals surface area contributed by atoms with Gasteiger partial charge in [-0.1, -0.05) is 0 Å². The molecular formula is C17H28N2O3. The largest absolute Gasteiger partial charge is 0.381 e. The molecule has 2 saturated heterocycles. The van der Waals surface area contributed by atoms with Crippen molar-refractivity contribution in [2.75, 3.05) is 39.4 Å². The van der Waals surface area contributed by atoms with Crippen molar-refractivity contribution < 1.29 is 14.3 Å². The summed E-state index contributed by atoms with van der Waals surface area (Å²) < 4.78 is 5.27. The van der Waals surface area contributed by atoms with Crippen LogP contribution in [0.15, 0.2) is 0 Å². The third-order valence-electron chi connectivity index (χ3n) is 5.37. The molecule has 2 amide bonds. The lowest BCUT2D eigenvalue weighted by Crippen LogP contribution is -2.51. The van der Waals surface area contributed by atoms with Gasteiger partial charge in [0, 0.05) is 32.8 Å². The smallest absolute Gasteiger partial charge is 0.230 e. The summed E-state index contributed by atoms with van der Waals surface area (Å²) in [6.07, 6.45) is 5.86. The first-order chi connectivity index (χ1) is 10.6. The Morgan fingerprint density at radius 1 is 1.32 bits per heavy atom. The fraction of sp³-hybridized carbons (Fsp3) is 0.882. The minimum atomic E-state index is -0.283. The highest BCUT2D eigenvalue weighted by molar-refractivity contribution is 5.86. The van der Waals surface area contributed by atoms with Crippen molar-refractivity contribution in [2.45, 2.75) is 45.4 Å². The highest BCUT2D eigenvalue weighted by Gasteiger charge is 2.49. The third kappa shape index (κ3) is 3.29. The fourth-order valence-electron chi connectivity index (χ4n) is 3.86. The molecule has 0 aromatic heterocycles. The molecule has 0 N–H and O–H groups in total. The lowest BCUT2D eigenvalue weighted by Gasteiger charge is -2.39. The normalized spacial score (nSPS) is 28.7. The van der Waals surface area contributed by atoms with Crippen molar-refractivity contribution in [3.05, 3.63) is 0 Å². The van der Waals surface area contributed by atoms with Crippen LogP contribution in [0.4, 0.5) is 0 Å². The van der Waals surface area contributed by atoms with E-state index >= 15 is 0 Å². The van der Waals surface area contributed by atoms with Gasteiger partial charge >= 0.3 is 0 Å². The average molecular weight is 308 g/mol. The van der Waals surface area contributed by atoms with Gasteiger partial charge in [-0.25, -0.2) is 0 Å². The van der Waals surface area contributed by atoms with Gasteiger partial charge in [-0.2, -0.15) is 0 Å². The Morgan fingerprint density at radius 3 is 2.86 bits per heavy atom. The van der Waals surface area contributed by atoms with Crippen molar-refractivity contribution in [3.8, 4) is 0 Å².